The molecule has 0 bridgehead atoms. The van der Waals surface area contributed by atoms with E-state index in [0.29, 0.717) is 12.6 Å². The Hall–Kier alpha value is -1.59. The van der Waals surface area contributed by atoms with Crippen molar-refractivity contribution in [3.8, 4) is 5.75 Å². The zero-order valence-electron chi connectivity index (χ0n) is 13.8. The van der Waals surface area contributed by atoms with Gasteiger partial charge >= 0.3 is 0 Å². The molecule has 0 spiro atoms. The Bertz CT molecular complexity index is 669. The first-order valence-corrected chi connectivity index (χ1v) is 9.18. The quantitative estimate of drug-likeness (QED) is 0.837. The lowest BCUT2D eigenvalue weighted by molar-refractivity contribution is 0.267. The van der Waals surface area contributed by atoms with Gasteiger partial charge in [0.2, 0.25) is 0 Å². The highest BCUT2D eigenvalue weighted by Gasteiger charge is 2.24. The van der Waals surface area contributed by atoms with E-state index in [1.165, 1.54) is 22.0 Å². The van der Waals surface area contributed by atoms with Crippen LogP contribution >= 0.6 is 11.3 Å². The van der Waals surface area contributed by atoms with E-state index >= 15 is 0 Å². The maximum absolute atomic E-state index is 9.55. The van der Waals surface area contributed by atoms with Gasteiger partial charge in [0.1, 0.15) is 5.75 Å². The summed E-state index contributed by atoms with van der Waals surface area (Å²) < 4.78 is 5.55. The summed E-state index contributed by atoms with van der Waals surface area (Å²) in [5.74, 6) is 0.760. The van der Waals surface area contributed by atoms with Crippen molar-refractivity contribution in [1.29, 1.82) is 0 Å². The third kappa shape index (κ3) is 3.51. The standard InChI is InChI=1S/C18H24N2O2S/c1-3-17-20-15-7-5-6-14(18(15)23-17)19-13-8-9-16(22-4-2)12(10-13)11-21/h8-10,14,19,21H,3-7,11H2,1-2H3. The van der Waals surface area contributed by atoms with Crippen molar-refractivity contribution in [3.05, 3.63) is 39.3 Å². The van der Waals surface area contributed by atoms with Crippen molar-refractivity contribution in [2.45, 2.75) is 52.2 Å². The molecule has 23 heavy (non-hydrogen) atoms. The van der Waals surface area contributed by atoms with Crippen LogP contribution < -0.4 is 10.1 Å². The Morgan fingerprint density at radius 1 is 1.39 bits per heavy atom. The van der Waals surface area contributed by atoms with Gasteiger partial charge in [-0.25, -0.2) is 4.98 Å². The van der Waals surface area contributed by atoms with Gasteiger partial charge in [-0.2, -0.15) is 0 Å². The first-order valence-electron chi connectivity index (χ1n) is 8.36. The lowest BCUT2D eigenvalue weighted by atomic mass is 9.97. The van der Waals surface area contributed by atoms with Crippen LogP contribution in [0.2, 0.25) is 0 Å². The number of benzene rings is 1. The van der Waals surface area contributed by atoms with Gasteiger partial charge in [-0.05, 0) is 50.8 Å². The first-order chi connectivity index (χ1) is 11.2. The minimum Gasteiger partial charge on any atom is -0.494 e. The molecule has 4 nitrogen and oxygen atoms in total. The average molecular weight is 332 g/mol. The van der Waals surface area contributed by atoms with E-state index in [4.69, 9.17) is 9.72 Å². The number of nitrogens with zero attached hydrogens (tertiary/aromatic N) is 1. The van der Waals surface area contributed by atoms with Crippen molar-refractivity contribution in [3.63, 3.8) is 0 Å². The van der Waals surface area contributed by atoms with Gasteiger partial charge in [-0.1, -0.05) is 6.92 Å². The number of nitrogens with one attached hydrogen (secondary N) is 1. The highest BCUT2D eigenvalue weighted by molar-refractivity contribution is 7.11. The monoisotopic (exact) mass is 332 g/mol. The number of thiazole rings is 1. The van der Waals surface area contributed by atoms with E-state index in [2.05, 4.69) is 12.2 Å². The number of anilines is 1. The van der Waals surface area contributed by atoms with Crippen molar-refractivity contribution in [1.82, 2.24) is 4.98 Å². The number of aliphatic hydroxyl groups excluding tert-OH is 1. The van der Waals surface area contributed by atoms with E-state index in [1.54, 1.807) is 0 Å². The maximum Gasteiger partial charge on any atom is 0.124 e. The lowest BCUT2D eigenvalue weighted by Gasteiger charge is -2.24. The molecule has 1 aromatic heterocycles. The summed E-state index contributed by atoms with van der Waals surface area (Å²) in [5.41, 5.74) is 3.12. The number of aliphatic hydroxyl groups is 1. The normalized spacial score (nSPS) is 16.9. The smallest absolute Gasteiger partial charge is 0.124 e. The topological polar surface area (TPSA) is 54.4 Å². The Morgan fingerprint density at radius 2 is 2.26 bits per heavy atom. The summed E-state index contributed by atoms with van der Waals surface area (Å²) >= 11 is 1.84. The molecule has 1 atom stereocenters. The number of rotatable bonds is 6. The van der Waals surface area contributed by atoms with Crippen LogP contribution in [-0.4, -0.2) is 16.7 Å². The van der Waals surface area contributed by atoms with Crippen LogP contribution in [0.15, 0.2) is 18.2 Å². The molecular formula is C18H24N2O2S. The molecule has 2 N–H and O–H groups in total. The molecule has 1 aliphatic rings. The summed E-state index contributed by atoms with van der Waals surface area (Å²) in [7, 11) is 0. The zero-order valence-corrected chi connectivity index (χ0v) is 14.6. The predicted molar refractivity (Wildman–Crippen MR) is 94.3 cm³/mol. The highest BCUT2D eigenvalue weighted by atomic mass is 32.1. The molecule has 1 unspecified atom stereocenters. The van der Waals surface area contributed by atoms with E-state index in [1.807, 2.05) is 36.5 Å². The molecular weight excluding hydrogens is 308 g/mol. The number of aromatic nitrogens is 1. The van der Waals surface area contributed by atoms with Crippen LogP contribution in [0.5, 0.6) is 5.75 Å². The molecule has 5 heteroatoms. The number of ether oxygens (including phenoxy) is 1. The fourth-order valence-electron chi connectivity index (χ4n) is 3.05. The fourth-order valence-corrected chi connectivity index (χ4v) is 4.19. The molecule has 0 saturated carbocycles. The third-order valence-corrected chi connectivity index (χ3v) is 5.52. The summed E-state index contributed by atoms with van der Waals surface area (Å²) in [5, 5.41) is 14.4. The number of fused-ring (bicyclic) bond motifs is 1. The second-order valence-corrected chi connectivity index (χ2v) is 6.89. The minimum absolute atomic E-state index is 0.0126. The van der Waals surface area contributed by atoms with E-state index in [0.717, 1.165) is 36.3 Å². The summed E-state index contributed by atoms with van der Waals surface area (Å²) in [4.78, 5) is 6.13. The number of hydrogen-bond acceptors (Lipinski definition) is 5. The van der Waals surface area contributed by atoms with Crippen LogP contribution in [0, 0.1) is 0 Å². The van der Waals surface area contributed by atoms with Crippen molar-refractivity contribution in [2.75, 3.05) is 11.9 Å². The molecule has 0 amide bonds. The fraction of sp³-hybridized carbons (Fsp3) is 0.500. The van der Waals surface area contributed by atoms with Crippen LogP contribution in [-0.2, 0) is 19.4 Å². The SMILES string of the molecule is CCOc1ccc(NC2CCCc3nc(CC)sc32)cc1CO. The van der Waals surface area contributed by atoms with Crippen LogP contribution in [0.4, 0.5) is 5.69 Å². The van der Waals surface area contributed by atoms with Gasteiger partial charge in [-0.15, -0.1) is 11.3 Å². The summed E-state index contributed by atoms with van der Waals surface area (Å²) in [6, 6.07) is 6.27. The largest absolute Gasteiger partial charge is 0.494 e. The minimum atomic E-state index is -0.0126. The zero-order chi connectivity index (χ0) is 16.2. The average Bonchev–Trinajstić information content (AvgIpc) is 3.01. The summed E-state index contributed by atoms with van der Waals surface area (Å²) in [6.45, 7) is 4.70. The first kappa shape index (κ1) is 16.3. The van der Waals surface area contributed by atoms with Gasteiger partial charge in [0.25, 0.3) is 0 Å². The molecule has 1 heterocycles. The van der Waals surface area contributed by atoms with Crippen LogP contribution in [0.1, 0.15) is 53.9 Å². The summed E-state index contributed by atoms with van der Waals surface area (Å²) in [6.07, 6.45) is 4.39. The molecule has 1 aromatic carbocycles. The van der Waals surface area contributed by atoms with Crippen molar-refractivity contribution >= 4 is 17.0 Å². The van der Waals surface area contributed by atoms with Gasteiger partial charge in [-0.3, -0.25) is 0 Å². The Kier molecular flexibility index (Phi) is 5.18. The van der Waals surface area contributed by atoms with E-state index in [-0.39, 0.29) is 6.61 Å². The second-order valence-electron chi connectivity index (χ2n) is 5.77. The Balaban J connectivity index is 1.81. The van der Waals surface area contributed by atoms with Crippen LogP contribution in [0.25, 0.3) is 0 Å². The Morgan fingerprint density at radius 3 is 3.00 bits per heavy atom. The van der Waals surface area contributed by atoms with Gasteiger partial charge in [0.15, 0.2) is 0 Å². The maximum atomic E-state index is 9.55. The molecule has 3 rings (SSSR count). The third-order valence-electron chi connectivity index (χ3n) is 4.17. The predicted octanol–water partition coefficient (Wildman–Crippen LogP) is 4.09. The van der Waals surface area contributed by atoms with Crippen molar-refractivity contribution < 1.29 is 9.84 Å². The van der Waals surface area contributed by atoms with Crippen LogP contribution in [0.3, 0.4) is 0 Å². The molecule has 1 aliphatic carbocycles. The van der Waals surface area contributed by atoms with Crippen molar-refractivity contribution in [2.24, 2.45) is 0 Å². The molecule has 0 aliphatic heterocycles. The molecule has 0 saturated heterocycles. The molecule has 0 radical (unpaired) electrons. The molecule has 124 valence electrons. The second kappa shape index (κ2) is 7.32. The molecule has 0 fully saturated rings. The number of aryl methyl sites for hydroxylation is 2. The van der Waals surface area contributed by atoms with Gasteiger partial charge < -0.3 is 15.2 Å². The van der Waals surface area contributed by atoms with E-state index < -0.39 is 0 Å². The van der Waals surface area contributed by atoms with E-state index in [9.17, 15) is 5.11 Å². The molecule has 2 aromatic rings. The van der Waals surface area contributed by atoms with Gasteiger partial charge in [0, 0.05) is 11.3 Å². The number of hydrogen-bond donors (Lipinski definition) is 2. The lowest BCUT2D eigenvalue weighted by Crippen LogP contribution is -2.16. The van der Waals surface area contributed by atoms with Gasteiger partial charge in [0.05, 0.1) is 34.8 Å². The highest BCUT2D eigenvalue weighted by Crippen LogP contribution is 2.37. The Labute approximate surface area is 141 Å².